The molecule has 0 aliphatic carbocycles. The van der Waals surface area contributed by atoms with Crippen LogP contribution in [0.4, 0.5) is 0 Å². The van der Waals surface area contributed by atoms with Gasteiger partial charge in [-0.1, -0.05) is 21.6 Å². The summed E-state index contributed by atoms with van der Waals surface area (Å²) in [6, 6.07) is -1.13. The number of carbonyl (C=O) groups excluding carboxylic acids is 2. The van der Waals surface area contributed by atoms with E-state index in [1.807, 2.05) is 0 Å². The maximum atomic E-state index is 11.3. The largest absolute Gasteiger partial charge is 0.465 e. The molecule has 0 aliphatic rings. The molecule has 6 nitrogen and oxygen atoms in total. The minimum atomic E-state index is -0.565. The van der Waals surface area contributed by atoms with Gasteiger partial charge in [-0.3, -0.25) is 9.59 Å². The van der Waals surface area contributed by atoms with Crippen molar-refractivity contribution >= 4 is 33.5 Å². The van der Waals surface area contributed by atoms with Crippen molar-refractivity contribution < 1.29 is 19.1 Å². The molecule has 0 spiro atoms. The van der Waals surface area contributed by atoms with Crippen LogP contribution < -0.4 is 11.5 Å². The van der Waals surface area contributed by atoms with Crippen LogP contribution in [0.3, 0.4) is 0 Å². The Morgan fingerprint density at radius 3 is 1.55 bits per heavy atom. The zero-order valence-electron chi connectivity index (χ0n) is 12.0. The SMILES string of the molecule is CCOC(=O)C(N)CCSSCCC(N)C(=O)OCC. The molecule has 0 aromatic heterocycles. The van der Waals surface area contributed by atoms with E-state index in [1.54, 1.807) is 35.4 Å². The van der Waals surface area contributed by atoms with Gasteiger partial charge in [-0.05, 0) is 26.7 Å². The molecular weight excluding hydrogens is 300 g/mol. The highest BCUT2D eigenvalue weighted by atomic mass is 33.1. The summed E-state index contributed by atoms with van der Waals surface area (Å²) in [6.07, 6.45) is 1.14. The Bertz CT molecular complexity index is 265. The molecule has 0 bridgehead atoms. The molecule has 0 amide bonds. The highest BCUT2D eigenvalue weighted by Gasteiger charge is 2.15. The van der Waals surface area contributed by atoms with Crippen molar-refractivity contribution in [3.05, 3.63) is 0 Å². The van der Waals surface area contributed by atoms with Crippen molar-refractivity contribution in [3.63, 3.8) is 0 Å². The zero-order valence-corrected chi connectivity index (χ0v) is 13.6. The quantitative estimate of drug-likeness (QED) is 0.328. The van der Waals surface area contributed by atoms with E-state index in [9.17, 15) is 9.59 Å². The molecule has 0 aromatic carbocycles. The lowest BCUT2D eigenvalue weighted by molar-refractivity contribution is -0.145. The van der Waals surface area contributed by atoms with Crippen molar-refractivity contribution in [2.45, 2.75) is 38.8 Å². The van der Waals surface area contributed by atoms with Gasteiger partial charge >= 0.3 is 11.9 Å². The standard InChI is InChI=1S/C12H24N2O4S2/c1-3-17-11(15)9(13)5-7-19-20-8-6-10(14)12(16)18-4-2/h9-10H,3-8,13-14H2,1-2H3. The van der Waals surface area contributed by atoms with E-state index in [2.05, 4.69) is 0 Å². The second kappa shape index (κ2) is 12.3. The van der Waals surface area contributed by atoms with Gasteiger partial charge in [0.2, 0.25) is 0 Å². The lowest BCUT2D eigenvalue weighted by Crippen LogP contribution is -2.33. The highest BCUT2D eigenvalue weighted by molar-refractivity contribution is 8.76. The van der Waals surface area contributed by atoms with Crippen LogP contribution in [-0.4, -0.2) is 48.7 Å². The predicted molar refractivity (Wildman–Crippen MR) is 83.4 cm³/mol. The molecule has 0 rings (SSSR count). The second-order valence-electron chi connectivity index (χ2n) is 3.94. The molecule has 2 unspecified atom stereocenters. The number of hydrogen-bond acceptors (Lipinski definition) is 8. The smallest absolute Gasteiger partial charge is 0.322 e. The van der Waals surface area contributed by atoms with Crippen LogP contribution in [0, 0.1) is 0 Å². The number of nitrogens with two attached hydrogens (primary N) is 2. The fourth-order valence-electron chi connectivity index (χ4n) is 1.20. The minimum Gasteiger partial charge on any atom is -0.465 e. The molecule has 20 heavy (non-hydrogen) atoms. The third-order valence-corrected chi connectivity index (χ3v) is 4.76. The molecular formula is C12H24N2O4S2. The van der Waals surface area contributed by atoms with Crippen LogP contribution in [0.15, 0.2) is 0 Å². The normalized spacial score (nSPS) is 13.6. The third kappa shape index (κ3) is 9.46. The molecule has 118 valence electrons. The van der Waals surface area contributed by atoms with E-state index in [1.165, 1.54) is 0 Å². The second-order valence-corrected chi connectivity index (χ2v) is 6.64. The fraction of sp³-hybridized carbons (Fsp3) is 0.833. The average molecular weight is 324 g/mol. The fourth-order valence-corrected chi connectivity index (χ4v) is 3.42. The van der Waals surface area contributed by atoms with Gasteiger partial charge in [-0.15, -0.1) is 0 Å². The summed E-state index contributed by atoms with van der Waals surface area (Å²) in [4.78, 5) is 22.5. The number of esters is 2. The minimum absolute atomic E-state index is 0.347. The van der Waals surface area contributed by atoms with Crippen molar-refractivity contribution in [2.24, 2.45) is 11.5 Å². The molecule has 4 N–H and O–H groups in total. The Labute approximate surface area is 128 Å². The van der Waals surface area contributed by atoms with Crippen molar-refractivity contribution in [3.8, 4) is 0 Å². The lowest BCUT2D eigenvalue weighted by atomic mass is 10.2. The molecule has 0 saturated heterocycles. The molecule has 2 atom stereocenters. The van der Waals surface area contributed by atoms with Crippen LogP contribution in [0.1, 0.15) is 26.7 Å². The Kier molecular flexibility index (Phi) is 12.0. The average Bonchev–Trinajstić information content (AvgIpc) is 2.42. The Morgan fingerprint density at radius 1 is 0.900 bits per heavy atom. The number of hydrogen-bond donors (Lipinski definition) is 2. The van der Waals surface area contributed by atoms with Crippen molar-refractivity contribution in [2.75, 3.05) is 24.7 Å². The summed E-state index contributed by atoms with van der Waals surface area (Å²) in [7, 11) is 3.21. The first-order chi connectivity index (χ1) is 9.52. The van der Waals surface area contributed by atoms with E-state index in [4.69, 9.17) is 20.9 Å². The first-order valence-corrected chi connectivity index (χ1v) is 9.10. The monoisotopic (exact) mass is 324 g/mol. The Hall–Kier alpha value is -0.440. The van der Waals surface area contributed by atoms with Gasteiger partial charge in [-0.2, -0.15) is 0 Å². The Balaban J connectivity index is 3.53. The first-order valence-electron chi connectivity index (χ1n) is 6.61. The van der Waals surface area contributed by atoms with E-state index in [-0.39, 0.29) is 11.9 Å². The summed E-state index contributed by atoms with van der Waals surface area (Å²) in [5.74, 6) is 0.781. The molecule has 0 heterocycles. The number of carbonyl (C=O) groups is 2. The molecule has 0 aromatic rings. The third-order valence-electron chi connectivity index (χ3n) is 2.29. The van der Waals surface area contributed by atoms with Crippen molar-refractivity contribution in [1.82, 2.24) is 0 Å². The van der Waals surface area contributed by atoms with Crippen LogP contribution in [0.5, 0.6) is 0 Å². The maximum Gasteiger partial charge on any atom is 0.322 e. The molecule has 0 radical (unpaired) electrons. The summed E-state index contributed by atoms with van der Waals surface area (Å²) in [5.41, 5.74) is 11.3. The summed E-state index contributed by atoms with van der Waals surface area (Å²) in [5, 5.41) is 0. The molecule has 0 saturated carbocycles. The lowest BCUT2D eigenvalue weighted by Gasteiger charge is -2.11. The summed E-state index contributed by atoms with van der Waals surface area (Å²) in [6.45, 7) is 4.20. The van der Waals surface area contributed by atoms with E-state index >= 15 is 0 Å². The molecule has 0 fully saturated rings. The van der Waals surface area contributed by atoms with E-state index in [0.717, 1.165) is 11.5 Å². The Morgan fingerprint density at radius 2 is 1.25 bits per heavy atom. The van der Waals surface area contributed by atoms with Gasteiger partial charge in [0.05, 0.1) is 13.2 Å². The topological polar surface area (TPSA) is 105 Å². The van der Waals surface area contributed by atoms with Gasteiger partial charge in [0, 0.05) is 11.5 Å². The maximum absolute atomic E-state index is 11.3. The molecule has 8 heteroatoms. The van der Waals surface area contributed by atoms with Gasteiger partial charge in [0.1, 0.15) is 12.1 Å². The van der Waals surface area contributed by atoms with Crippen molar-refractivity contribution in [1.29, 1.82) is 0 Å². The number of rotatable bonds is 11. The highest BCUT2D eigenvalue weighted by Crippen LogP contribution is 2.23. The first kappa shape index (κ1) is 19.6. The van der Waals surface area contributed by atoms with Crippen LogP contribution in [-0.2, 0) is 19.1 Å². The zero-order chi connectivity index (χ0) is 15.4. The predicted octanol–water partition coefficient (Wildman–Crippen LogP) is 0.929. The van der Waals surface area contributed by atoms with Gasteiger partial charge < -0.3 is 20.9 Å². The van der Waals surface area contributed by atoms with Crippen LogP contribution in [0.2, 0.25) is 0 Å². The van der Waals surface area contributed by atoms with Gasteiger partial charge in [0.25, 0.3) is 0 Å². The van der Waals surface area contributed by atoms with Gasteiger partial charge in [-0.25, -0.2) is 0 Å². The van der Waals surface area contributed by atoms with E-state index in [0.29, 0.717) is 26.1 Å². The summed E-state index contributed by atoms with van der Waals surface area (Å²) < 4.78 is 9.63. The number of ether oxygens (including phenoxy) is 2. The van der Waals surface area contributed by atoms with E-state index < -0.39 is 12.1 Å². The molecule has 0 aliphatic heterocycles. The van der Waals surface area contributed by atoms with Gasteiger partial charge in [0.15, 0.2) is 0 Å². The summed E-state index contributed by atoms with van der Waals surface area (Å²) >= 11 is 0. The van der Waals surface area contributed by atoms with Crippen LogP contribution in [0.25, 0.3) is 0 Å². The van der Waals surface area contributed by atoms with Crippen LogP contribution >= 0.6 is 21.6 Å².